The fourth-order valence-electron chi connectivity index (χ4n) is 6.60. The van der Waals surface area contributed by atoms with Gasteiger partial charge in [-0.1, -0.05) is 42.5 Å². The number of piperidine rings is 2. The summed E-state index contributed by atoms with van der Waals surface area (Å²) < 4.78 is 17.8. The monoisotopic (exact) mass is 585 g/mol. The molecule has 4 aromatic rings. The Morgan fingerprint density at radius 2 is 1.70 bits per heavy atom. The van der Waals surface area contributed by atoms with Gasteiger partial charge in [0.25, 0.3) is 11.5 Å². The summed E-state index contributed by atoms with van der Waals surface area (Å²) in [5, 5.41) is 12.0. The summed E-state index contributed by atoms with van der Waals surface area (Å²) in [5.41, 5.74) is 0.292. The number of aliphatic hydroxyl groups is 1. The predicted octanol–water partition coefficient (Wildman–Crippen LogP) is 3.66. The predicted molar refractivity (Wildman–Crippen MR) is 160 cm³/mol. The quantitative estimate of drug-likeness (QED) is 0.372. The minimum absolute atomic E-state index is 0.00458. The third-order valence-corrected chi connectivity index (χ3v) is 9.11. The molecule has 2 fully saturated rings. The van der Waals surface area contributed by atoms with E-state index in [1.54, 1.807) is 28.0 Å². The van der Waals surface area contributed by atoms with Crippen LogP contribution in [0.1, 0.15) is 48.0 Å². The van der Waals surface area contributed by atoms with E-state index >= 15 is 0 Å². The zero-order valence-corrected chi connectivity index (χ0v) is 24.2. The molecule has 1 N–H and O–H groups in total. The summed E-state index contributed by atoms with van der Waals surface area (Å²) in [6.45, 7) is 4.19. The summed E-state index contributed by atoms with van der Waals surface area (Å²) >= 11 is 0. The lowest BCUT2D eigenvalue weighted by atomic mass is 9.79. The first kappa shape index (κ1) is 28.8. The topological polar surface area (TPSA) is 101 Å². The van der Waals surface area contributed by atoms with Crippen molar-refractivity contribution in [1.29, 1.82) is 0 Å². The molecule has 0 saturated carbocycles. The summed E-state index contributed by atoms with van der Waals surface area (Å²) in [6, 6.07) is 17.4. The fraction of sp³-hybridized carbons (Fsp3) is 0.394. The Hall–Kier alpha value is -4.31. The number of halogens is 1. The van der Waals surface area contributed by atoms with Crippen LogP contribution in [0.15, 0.2) is 78.0 Å². The van der Waals surface area contributed by atoms with E-state index < -0.39 is 11.4 Å². The Labute approximate surface area is 249 Å². The fourth-order valence-corrected chi connectivity index (χ4v) is 6.60. The van der Waals surface area contributed by atoms with Gasteiger partial charge >= 0.3 is 0 Å². The molecular formula is C33H36FN5O4. The number of nitrogens with zero attached hydrogens (tertiary/aromatic N) is 5. The summed E-state index contributed by atoms with van der Waals surface area (Å²) in [4.78, 5) is 48.2. The van der Waals surface area contributed by atoms with Gasteiger partial charge in [0.2, 0.25) is 5.91 Å². The van der Waals surface area contributed by atoms with Crippen LogP contribution in [0.25, 0.3) is 11.0 Å². The van der Waals surface area contributed by atoms with E-state index in [0.717, 1.165) is 5.56 Å². The minimum Gasteiger partial charge on any atom is -0.388 e. The third-order valence-electron chi connectivity index (χ3n) is 9.11. The molecule has 2 saturated heterocycles. The van der Waals surface area contributed by atoms with Crippen LogP contribution in [0.3, 0.4) is 0 Å². The lowest BCUT2D eigenvalue weighted by Crippen LogP contribution is -2.53. The lowest BCUT2D eigenvalue weighted by Gasteiger charge is -2.43. The molecule has 4 heterocycles. The van der Waals surface area contributed by atoms with Gasteiger partial charge in [-0.05, 0) is 49.9 Å². The number of hydrogen-bond acceptors (Lipinski definition) is 5. The summed E-state index contributed by atoms with van der Waals surface area (Å²) in [6.07, 6.45) is 4.45. The van der Waals surface area contributed by atoms with Crippen molar-refractivity contribution >= 4 is 22.8 Å². The summed E-state index contributed by atoms with van der Waals surface area (Å²) in [7, 11) is 0. The SMILES string of the molecule is CCn1ccc2c(=O)n(CC3(O)CCN(C(=O)[C@@H]4CCN(C(=O)c5ccccc5F)C[C@H]4c4ccccc4)CC3)cnc21. The maximum Gasteiger partial charge on any atom is 0.262 e. The van der Waals surface area contributed by atoms with Gasteiger partial charge in [-0.15, -0.1) is 0 Å². The van der Waals surface area contributed by atoms with Crippen LogP contribution in [0, 0.1) is 11.7 Å². The van der Waals surface area contributed by atoms with Crippen LogP contribution in [-0.2, 0) is 17.9 Å². The van der Waals surface area contributed by atoms with Gasteiger partial charge < -0.3 is 19.5 Å². The number of benzene rings is 2. The Morgan fingerprint density at radius 1 is 0.977 bits per heavy atom. The molecule has 2 aromatic heterocycles. The highest BCUT2D eigenvalue weighted by Gasteiger charge is 2.42. The number of carbonyl (C=O) groups excluding carboxylic acids is 2. The Morgan fingerprint density at radius 3 is 2.42 bits per heavy atom. The molecule has 2 amide bonds. The minimum atomic E-state index is -1.14. The molecule has 10 heteroatoms. The molecule has 0 aliphatic carbocycles. The van der Waals surface area contributed by atoms with Crippen LogP contribution in [0.2, 0.25) is 0 Å². The zero-order valence-electron chi connectivity index (χ0n) is 24.2. The number of fused-ring (bicyclic) bond motifs is 1. The average molecular weight is 586 g/mol. The Bertz CT molecular complexity index is 1690. The number of aromatic nitrogens is 3. The van der Waals surface area contributed by atoms with Crippen molar-refractivity contribution in [2.24, 2.45) is 5.92 Å². The molecule has 0 bridgehead atoms. The standard InChI is InChI=1S/C33H36FN5O4/c1-2-36-16-13-26-29(36)35-22-39(32(26)42)21-33(43)14-18-37(19-15-33)30(40)24-12-17-38(20-27(24)23-8-4-3-5-9-23)31(41)25-10-6-7-11-28(25)34/h3-11,13,16,22,24,27,43H,2,12,14-15,17-21H2,1H3/t24-,27+/m1/s1. The van der Waals surface area contributed by atoms with Gasteiger partial charge in [-0.25, -0.2) is 9.37 Å². The Balaban J connectivity index is 1.15. The second-order valence-electron chi connectivity index (χ2n) is 11.7. The first-order valence-electron chi connectivity index (χ1n) is 14.9. The van der Waals surface area contributed by atoms with Crippen LogP contribution < -0.4 is 5.56 Å². The van der Waals surface area contributed by atoms with Crippen molar-refractivity contribution in [3.05, 3.63) is 100 Å². The second-order valence-corrected chi connectivity index (χ2v) is 11.7. The molecule has 2 aliphatic rings. The maximum absolute atomic E-state index is 14.4. The van der Waals surface area contributed by atoms with Gasteiger partial charge in [0.1, 0.15) is 17.8 Å². The zero-order chi connectivity index (χ0) is 30.1. The van der Waals surface area contributed by atoms with Gasteiger partial charge in [-0.2, -0.15) is 0 Å². The van der Waals surface area contributed by atoms with E-state index in [9.17, 15) is 23.9 Å². The molecule has 2 atom stereocenters. The lowest BCUT2D eigenvalue weighted by molar-refractivity contribution is -0.142. The molecule has 9 nitrogen and oxygen atoms in total. The Kier molecular flexibility index (Phi) is 7.87. The molecule has 43 heavy (non-hydrogen) atoms. The summed E-state index contributed by atoms with van der Waals surface area (Å²) in [5.74, 6) is -1.53. The molecule has 0 unspecified atom stereocenters. The van der Waals surface area contributed by atoms with E-state index in [0.29, 0.717) is 63.0 Å². The molecule has 224 valence electrons. The van der Waals surface area contributed by atoms with Crippen molar-refractivity contribution in [3.63, 3.8) is 0 Å². The molecule has 0 radical (unpaired) electrons. The van der Waals surface area contributed by atoms with E-state index in [-0.39, 0.29) is 41.3 Å². The van der Waals surface area contributed by atoms with Crippen molar-refractivity contribution in [2.75, 3.05) is 26.2 Å². The third kappa shape index (κ3) is 5.59. The number of hydrogen-bond donors (Lipinski definition) is 1. The van der Waals surface area contributed by atoms with E-state index in [1.807, 2.05) is 48.0 Å². The van der Waals surface area contributed by atoms with Crippen molar-refractivity contribution in [1.82, 2.24) is 23.9 Å². The normalized spacial score (nSPS) is 20.3. The van der Waals surface area contributed by atoms with Crippen molar-refractivity contribution in [3.8, 4) is 0 Å². The number of aryl methyl sites for hydroxylation is 1. The van der Waals surface area contributed by atoms with Crippen LogP contribution in [-0.4, -0.2) is 72.6 Å². The van der Waals surface area contributed by atoms with Crippen LogP contribution >= 0.6 is 0 Å². The number of amides is 2. The van der Waals surface area contributed by atoms with Crippen LogP contribution in [0.5, 0.6) is 0 Å². The van der Waals surface area contributed by atoms with Gasteiger partial charge in [-0.3, -0.25) is 19.0 Å². The van der Waals surface area contributed by atoms with E-state index in [2.05, 4.69) is 4.98 Å². The van der Waals surface area contributed by atoms with Crippen LogP contribution in [0.4, 0.5) is 4.39 Å². The molecule has 0 spiro atoms. The smallest absolute Gasteiger partial charge is 0.262 e. The second kappa shape index (κ2) is 11.8. The highest BCUT2D eigenvalue weighted by Crippen LogP contribution is 2.36. The molecular weight excluding hydrogens is 549 g/mol. The van der Waals surface area contributed by atoms with E-state index in [4.69, 9.17) is 0 Å². The first-order chi connectivity index (χ1) is 20.8. The number of rotatable bonds is 6. The molecule has 2 aromatic carbocycles. The van der Waals surface area contributed by atoms with E-state index in [1.165, 1.54) is 23.0 Å². The largest absolute Gasteiger partial charge is 0.388 e. The highest BCUT2D eigenvalue weighted by molar-refractivity contribution is 5.94. The van der Waals surface area contributed by atoms with Crippen molar-refractivity contribution in [2.45, 2.75) is 50.8 Å². The number of likely N-dealkylation sites (tertiary alicyclic amines) is 2. The highest BCUT2D eigenvalue weighted by atomic mass is 19.1. The van der Waals surface area contributed by atoms with Crippen molar-refractivity contribution < 1.29 is 19.1 Å². The molecule has 2 aliphatic heterocycles. The van der Waals surface area contributed by atoms with Gasteiger partial charge in [0.15, 0.2) is 0 Å². The van der Waals surface area contributed by atoms with Gasteiger partial charge in [0, 0.05) is 50.8 Å². The molecule has 6 rings (SSSR count). The average Bonchev–Trinajstić information content (AvgIpc) is 3.46. The number of carbonyl (C=O) groups is 2. The first-order valence-corrected chi connectivity index (χ1v) is 14.9. The van der Waals surface area contributed by atoms with Gasteiger partial charge in [0.05, 0.1) is 23.1 Å². The maximum atomic E-state index is 14.4.